The lowest BCUT2D eigenvalue weighted by Crippen LogP contribution is -2.31. The van der Waals surface area contributed by atoms with E-state index < -0.39 is 0 Å². The summed E-state index contributed by atoms with van der Waals surface area (Å²) >= 11 is 0. The Balaban J connectivity index is 1.46. The van der Waals surface area contributed by atoms with Gasteiger partial charge in [-0.1, -0.05) is 54.6 Å². The van der Waals surface area contributed by atoms with Gasteiger partial charge in [0.2, 0.25) is 0 Å². The zero-order chi connectivity index (χ0) is 20.5. The molecule has 4 aromatic rings. The normalized spacial score (nSPS) is 16.2. The Morgan fingerprint density at radius 2 is 1.80 bits per heavy atom. The molecule has 2 N–H and O–H groups in total. The molecule has 148 valence electrons. The number of aromatic amines is 1. The molecule has 0 spiro atoms. The summed E-state index contributed by atoms with van der Waals surface area (Å²) in [5.74, 6) is 0.812. The number of amides is 1. The molecule has 1 atom stereocenters. The van der Waals surface area contributed by atoms with E-state index in [0.717, 1.165) is 39.4 Å². The van der Waals surface area contributed by atoms with Crippen molar-refractivity contribution in [3.05, 3.63) is 108 Å². The third kappa shape index (κ3) is 3.35. The number of anilines is 1. The number of aromatic nitrogens is 2. The molecule has 0 fully saturated rings. The second-order valence-corrected chi connectivity index (χ2v) is 7.51. The average molecular weight is 394 g/mol. The highest BCUT2D eigenvalue weighted by atomic mass is 16.2. The molecular formula is C25H22N4O. The minimum atomic E-state index is -0.204. The van der Waals surface area contributed by atoms with Crippen LogP contribution in [0.2, 0.25) is 0 Å². The van der Waals surface area contributed by atoms with Crippen molar-refractivity contribution in [1.82, 2.24) is 15.3 Å². The molecule has 3 aromatic carbocycles. The van der Waals surface area contributed by atoms with E-state index in [1.54, 1.807) is 6.08 Å². The van der Waals surface area contributed by atoms with Crippen LogP contribution in [0.5, 0.6) is 0 Å². The van der Waals surface area contributed by atoms with Gasteiger partial charge in [0.05, 0.1) is 17.6 Å². The van der Waals surface area contributed by atoms with Gasteiger partial charge in [-0.25, -0.2) is 4.98 Å². The van der Waals surface area contributed by atoms with E-state index in [4.69, 9.17) is 0 Å². The summed E-state index contributed by atoms with van der Waals surface area (Å²) in [6, 6.07) is 25.9. The number of aryl methyl sites for hydroxylation is 1. The topological polar surface area (TPSA) is 61.0 Å². The molecule has 5 rings (SSSR count). The molecule has 0 saturated carbocycles. The monoisotopic (exact) mass is 394 g/mol. The van der Waals surface area contributed by atoms with Gasteiger partial charge >= 0.3 is 0 Å². The van der Waals surface area contributed by atoms with Crippen molar-refractivity contribution in [2.24, 2.45) is 0 Å². The summed E-state index contributed by atoms with van der Waals surface area (Å²) in [4.78, 5) is 22.8. The van der Waals surface area contributed by atoms with E-state index in [1.807, 2.05) is 78.6 Å². The second-order valence-electron chi connectivity index (χ2n) is 7.51. The fourth-order valence-electron chi connectivity index (χ4n) is 3.99. The molecule has 0 aliphatic carbocycles. The van der Waals surface area contributed by atoms with Crippen LogP contribution in [0.3, 0.4) is 0 Å². The molecule has 1 amide bonds. The number of fused-ring (bicyclic) bond motifs is 1. The number of imidazole rings is 1. The van der Waals surface area contributed by atoms with Crippen LogP contribution < -0.4 is 10.2 Å². The van der Waals surface area contributed by atoms with E-state index in [2.05, 4.69) is 27.4 Å². The Bertz CT molecular complexity index is 1210. The van der Waals surface area contributed by atoms with Gasteiger partial charge in [0.15, 0.2) is 0 Å². The number of benzene rings is 3. The summed E-state index contributed by atoms with van der Waals surface area (Å²) in [5.41, 5.74) is 5.89. The number of rotatable bonds is 5. The van der Waals surface area contributed by atoms with Gasteiger partial charge in [0, 0.05) is 17.5 Å². The number of hydrogen-bond acceptors (Lipinski definition) is 3. The van der Waals surface area contributed by atoms with Crippen LogP contribution in [0, 0.1) is 6.92 Å². The number of nitrogens with zero attached hydrogens (tertiary/aromatic N) is 2. The zero-order valence-corrected chi connectivity index (χ0v) is 16.7. The van der Waals surface area contributed by atoms with E-state index in [-0.39, 0.29) is 11.9 Å². The SMILES string of the molecule is Cc1cccc(N2C(=O)C=C(NCc3nc4ccccc4[nH]3)[C@@H]2c2ccccc2)c1. The number of hydrogen-bond donors (Lipinski definition) is 2. The van der Waals surface area contributed by atoms with Crippen LogP contribution in [-0.2, 0) is 11.3 Å². The van der Waals surface area contributed by atoms with Crippen molar-refractivity contribution in [1.29, 1.82) is 0 Å². The van der Waals surface area contributed by atoms with Crippen LogP contribution in [0.1, 0.15) is 23.0 Å². The Morgan fingerprint density at radius 1 is 1.00 bits per heavy atom. The Morgan fingerprint density at radius 3 is 2.60 bits per heavy atom. The number of carbonyl (C=O) groups excluding carboxylic acids is 1. The second kappa shape index (κ2) is 7.52. The Kier molecular flexibility index (Phi) is 4.56. The third-order valence-corrected chi connectivity index (χ3v) is 5.36. The van der Waals surface area contributed by atoms with Crippen molar-refractivity contribution in [3.8, 4) is 0 Å². The maximum atomic E-state index is 13.0. The average Bonchev–Trinajstić information content (AvgIpc) is 3.33. The van der Waals surface area contributed by atoms with E-state index >= 15 is 0 Å². The van der Waals surface area contributed by atoms with Gasteiger partial charge < -0.3 is 10.3 Å². The molecule has 5 nitrogen and oxygen atoms in total. The summed E-state index contributed by atoms with van der Waals surface area (Å²) in [7, 11) is 0. The summed E-state index contributed by atoms with van der Waals surface area (Å²) < 4.78 is 0. The fourth-order valence-corrected chi connectivity index (χ4v) is 3.99. The zero-order valence-electron chi connectivity index (χ0n) is 16.7. The van der Waals surface area contributed by atoms with Gasteiger partial charge in [-0.15, -0.1) is 0 Å². The lowest BCUT2D eigenvalue weighted by atomic mass is 10.0. The van der Waals surface area contributed by atoms with Crippen molar-refractivity contribution in [2.75, 3.05) is 4.90 Å². The minimum Gasteiger partial charge on any atom is -0.379 e. The molecule has 2 heterocycles. The molecule has 1 aliphatic heterocycles. The predicted octanol–water partition coefficient (Wildman–Crippen LogP) is 4.63. The molecule has 5 heteroatoms. The highest BCUT2D eigenvalue weighted by Gasteiger charge is 2.35. The first kappa shape index (κ1) is 18.2. The van der Waals surface area contributed by atoms with E-state index in [9.17, 15) is 4.79 Å². The van der Waals surface area contributed by atoms with Gasteiger partial charge in [-0.05, 0) is 42.3 Å². The predicted molar refractivity (Wildman–Crippen MR) is 119 cm³/mol. The fraction of sp³-hybridized carbons (Fsp3) is 0.120. The van der Waals surface area contributed by atoms with Crippen molar-refractivity contribution in [3.63, 3.8) is 0 Å². The largest absolute Gasteiger partial charge is 0.379 e. The molecule has 0 saturated heterocycles. The lowest BCUT2D eigenvalue weighted by Gasteiger charge is -2.28. The number of H-pyrrole nitrogens is 1. The summed E-state index contributed by atoms with van der Waals surface area (Å²) in [6.07, 6.45) is 1.70. The van der Waals surface area contributed by atoms with E-state index in [1.165, 1.54) is 0 Å². The first-order chi connectivity index (χ1) is 14.7. The summed E-state index contributed by atoms with van der Waals surface area (Å²) in [5, 5.41) is 3.46. The molecule has 1 aliphatic rings. The quantitative estimate of drug-likeness (QED) is 0.519. The highest BCUT2D eigenvalue weighted by molar-refractivity contribution is 6.06. The van der Waals surface area contributed by atoms with Crippen molar-refractivity contribution in [2.45, 2.75) is 19.5 Å². The molecule has 1 aromatic heterocycles. The van der Waals surface area contributed by atoms with Crippen LogP contribution in [0.4, 0.5) is 5.69 Å². The molecule has 0 radical (unpaired) electrons. The highest BCUT2D eigenvalue weighted by Crippen LogP contribution is 2.37. The minimum absolute atomic E-state index is 0.0263. The molecular weight excluding hydrogens is 372 g/mol. The Labute approximate surface area is 175 Å². The van der Waals surface area contributed by atoms with Crippen LogP contribution >= 0.6 is 0 Å². The van der Waals surface area contributed by atoms with Crippen LogP contribution in [0.15, 0.2) is 90.6 Å². The van der Waals surface area contributed by atoms with Crippen LogP contribution in [-0.4, -0.2) is 15.9 Å². The Hall–Kier alpha value is -3.86. The van der Waals surface area contributed by atoms with Gasteiger partial charge in [-0.2, -0.15) is 0 Å². The standard InChI is InChI=1S/C25H22N4O/c1-17-8-7-11-19(14-17)29-24(30)15-22(25(29)18-9-3-2-4-10-18)26-16-23-27-20-12-5-6-13-21(20)28-23/h2-15,25-26H,16H2,1H3,(H,27,28)/t25-/m0/s1. The van der Waals surface area contributed by atoms with Gasteiger partial charge in [0.25, 0.3) is 5.91 Å². The van der Waals surface area contributed by atoms with Crippen LogP contribution in [0.25, 0.3) is 11.0 Å². The first-order valence-corrected chi connectivity index (χ1v) is 10.0. The molecule has 0 bridgehead atoms. The molecule has 30 heavy (non-hydrogen) atoms. The summed E-state index contributed by atoms with van der Waals surface area (Å²) in [6.45, 7) is 2.55. The van der Waals surface area contributed by atoms with E-state index in [0.29, 0.717) is 6.54 Å². The van der Waals surface area contributed by atoms with Gasteiger partial charge in [-0.3, -0.25) is 9.69 Å². The van der Waals surface area contributed by atoms with Crippen molar-refractivity contribution >= 4 is 22.6 Å². The molecule has 0 unspecified atom stereocenters. The lowest BCUT2D eigenvalue weighted by molar-refractivity contribution is -0.113. The third-order valence-electron chi connectivity index (χ3n) is 5.36. The smallest absolute Gasteiger partial charge is 0.253 e. The number of para-hydroxylation sites is 2. The number of carbonyl (C=O) groups is 1. The van der Waals surface area contributed by atoms with Gasteiger partial charge in [0.1, 0.15) is 11.9 Å². The maximum absolute atomic E-state index is 13.0. The van der Waals surface area contributed by atoms with Crippen molar-refractivity contribution < 1.29 is 4.79 Å². The number of nitrogens with one attached hydrogen (secondary N) is 2. The maximum Gasteiger partial charge on any atom is 0.253 e. The first-order valence-electron chi connectivity index (χ1n) is 10.0.